The highest BCUT2D eigenvalue weighted by molar-refractivity contribution is 5.92. The number of carboxylic acids is 1. The lowest BCUT2D eigenvalue weighted by Gasteiger charge is -2.11. The molecule has 0 bridgehead atoms. The molecule has 2 N–H and O–H groups in total. The monoisotopic (exact) mass is 311 g/mol. The van der Waals surface area contributed by atoms with E-state index in [1.54, 1.807) is 31.2 Å². The predicted molar refractivity (Wildman–Crippen MR) is 90.7 cm³/mol. The molecular weight excluding hydrogens is 290 g/mol. The lowest BCUT2D eigenvalue weighted by molar-refractivity contribution is -0.138. The number of amides is 1. The molecule has 4 heteroatoms. The zero-order valence-corrected chi connectivity index (χ0v) is 13.6. The van der Waals surface area contributed by atoms with Crippen molar-refractivity contribution in [3.8, 4) is 0 Å². The number of hydrogen-bond donors (Lipinski definition) is 2. The number of carbonyl (C=O) groups is 2. The molecule has 0 heterocycles. The Morgan fingerprint density at radius 1 is 1.13 bits per heavy atom. The minimum Gasteiger partial charge on any atom is -0.481 e. The van der Waals surface area contributed by atoms with Crippen molar-refractivity contribution in [3.05, 3.63) is 64.7 Å². The number of aliphatic carboxylic acids is 1. The van der Waals surface area contributed by atoms with Crippen LogP contribution in [0.1, 0.15) is 35.1 Å². The summed E-state index contributed by atoms with van der Waals surface area (Å²) in [6.07, 6.45) is 0.298. The van der Waals surface area contributed by atoms with E-state index in [9.17, 15) is 9.59 Å². The van der Waals surface area contributed by atoms with Crippen molar-refractivity contribution in [2.24, 2.45) is 0 Å². The van der Waals surface area contributed by atoms with Gasteiger partial charge >= 0.3 is 5.97 Å². The van der Waals surface area contributed by atoms with Crippen LogP contribution in [0.2, 0.25) is 0 Å². The van der Waals surface area contributed by atoms with Gasteiger partial charge < -0.3 is 10.4 Å². The maximum Gasteiger partial charge on any atom is 0.310 e. The van der Waals surface area contributed by atoms with E-state index in [4.69, 9.17) is 5.11 Å². The van der Waals surface area contributed by atoms with Crippen molar-refractivity contribution in [1.29, 1.82) is 0 Å². The van der Waals surface area contributed by atoms with Gasteiger partial charge in [0, 0.05) is 5.69 Å². The van der Waals surface area contributed by atoms with E-state index in [1.165, 1.54) is 0 Å². The number of aryl methyl sites for hydroxylation is 2. The molecule has 0 aliphatic heterocycles. The summed E-state index contributed by atoms with van der Waals surface area (Å²) in [6.45, 7) is 5.61. The molecule has 1 amide bonds. The van der Waals surface area contributed by atoms with Crippen molar-refractivity contribution in [3.63, 3.8) is 0 Å². The minimum absolute atomic E-state index is 0.112. The van der Waals surface area contributed by atoms with Gasteiger partial charge in [-0.1, -0.05) is 35.9 Å². The Bertz CT molecular complexity index is 737. The summed E-state index contributed by atoms with van der Waals surface area (Å²) in [7, 11) is 0. The quantitative estimate of drug-likeness (QED) is 0.885. The number of rotatable bonds is 5. The highest BCUT2D eigenvalue weighted by atomic mass is 16.4. The van der Waals surface area contributed by atoms with Crippen LogP contribution in [-0.2, 0) is 16.0 Å². The molecule has 120 valence electrons. The molecule has 4 nitrogen and oxygen atoms in total. The fourth-order valence-corrected chi connectivity index (χ4v) is 2.40. The SMILES string of the molecule is Cc1ccc(C)c(CC(=O)Nc2cccc(C(C)C(=O)O)c2)c1. The zero-order chi connectivity index (χ0) is 17.0. The highest BCUT2D eigenvalue weighted by Crippen LogP contribution is 2.20. The number of hydrogen-bond acceptors (Lipinski definition) is 2. The van der Waals surface area contributed by atoms with Gasteiger partial charge in [0.1, 0.15) is 0 Å². The first-order valence-corrected chi connectivity index (χ1v) is 7.55. The lowest BCUT2D eigenvalue weighted by atomic mass is 10.0. The Hall–Kier alpha value is -2.62. The summed E-state index contributed by atoms with van der Waals surface area (Å²) in [5, 5.41) is 11.9. The molecule has 2 aromatic carbocycles. The maximum absolute atomic E-state index is 12.2. The van der Waals surface area contributed by atoms with Crippen LogP contribution in [0, 0.1) is 13.8 Å². The highest BCUT2D eigenvalue weighted by Gasteiger charge is 2.14. The normalized spacial score (nSPS) is 11.8. The average molecular weight is 311 g/mol. The third-order valence-corrected chi connectivity index (χ3v) is 3.90. The smallest absolute Gasteiger partial charge is 0.310 e. The van der Waals surface area contributed by atoms with Crippen LogP contribution in [0.5, 0.6) is 0 Å². The Kier molecular flexibility index (Phi) is 5.16. The third kappa shape index (κ3) is 4.42. The Morgan fingerprint density at radius 3 is 2.57 bits per heavy atom. The van der Waals surface area contributed by atoms with Crippen LogP contribution in [0.25, 0.3) is 0 Å². The van der Waals surface area contributed by atoms with Crippen LogP contribution in [-0.4, -0.2) is 17.0 Å². The summed E-state index contributed by atoms with van der Waals surface area (Å²) in [5.41, 5.74) is 4.49. The van der Waals surface area contributed by atoms with E-state index in [1.807, 2.05) is 32.0 Å². The van der Waals surface area contributed by atoms with E-state index in [-0.39, 0.29) is 5.91 Å². The summed E-state index contributed by atoms with van der Waals surface area (Å²) in [5.74, 6) is -1.60. The van der Waals surface area contributed by atoms with Crippen molar-refractivity contribution in [2.75, 3.05) is 5.32 Å². The first-order valence-electron chi connectivity index (χ1n) is 7.55. The second kappa shape index (κ2) is 7.09. The molecule has 1 unspecified atom stereocenters. The van der Waals surface area contributed by atoms with Crippen molar-refractivity contribution in [2.45, 2.75) is 33.1 Å². The molecular formula is C19H21NO3. The molecule has 0 aliphatic rings. The standard InChI is InChI=1S/C19H21NO3/c1-12-7-8-13(2)16(9-12)11-18(21)20-17-6-4-5-15(10-17)14(3)19(22)23/h4-10,14H,11H2,1-3H3,(H,20,21)(H,22,23). The van der Waals surface area contributed by atoms with Gasteiger partial charge in [0.2, 0.25) is 5.91 Å². The molecule has 0 saturated heterocycles. The number of carboxylic acid groups (broad SMARTS) is 1. The second-order valence-corrected chi connectivity index (χ2v) is 5.84. The molecule has 0 radical (unpaired) electrons. The zero-order valence-electron chi connectivity index (χ0n) is 13.6. The predicted octanol–water partition coefficient (Wildman–Crippen LogP) is 3.67. The molecule has 2 rings (SSSR count). The first-order chi connectivity index (χ1) is 10.9. The van der Waals surface area contributed by atoms with Crippen LogP contribution < -0.4 is 5.32 Å². The molecule has 23 heavy (non-hydrogen) atoms. The van der Waals surface area contributed by atoms with Gasteiger partial charge in [-0.3, -0.25) is 9.59 Å². The molecule has 0 saturated carbocycles. The fraction of sp³-hybridized carbons (Fsp3) is 0.263. The van der Waals surface area contributed by atoms with Gasteiger partial charge in [-0.25, -0.2) is 0 Å². The van der Waals surface area contributed by atoms with Crippen LogP contribution >= 0.6 is 0 Å². The Labute approximate surface area is 136 Å². The summed E-state index contributed by atoms with van der Waals surface area (Å²) < 4.78 is 0. The largest absolute Gasteiger partial charge is 0.481 e. The van der Waals surface area contributed by atoms with Crippen LogP contribution in [0.3, 0.4) is 0 Å². The van der Waals surface area contributed by atoms with Gasteiger partial charge in [-0.05, 0) is 49.6 Å². The van der Waals surface area contributed by atoms with Gasteiger partial charge in [0.05, 0.1) is 12.3 Å². The van der Waals surface area contributed by atoms with Crippen molar-refractivity contribution in [1.82, 2.24) is 0 Å². The maximum atomic E-state index is 12.2. The fourth-order valence-electron chi connectivity index (χ4n) is 2.40. The summed E-state index contributed by atoms with van der Waals surface area (Å²) >= 11 is 0. The molecule has 0 aliphatic carbocycles. The van der Waals surface area contributed by atoms with Crippen molar-refractivity contribution >= 4 is 17.6 Å². The van der Waals surface area contributed by atoms with Crippen LogP contribution in [0.4, 0.5) is 5.69 Å². The summed E-state index contributed by atoms with van der Waals surface area (Å²) in [4.78, 5) is 23.3. The lowest BCUT2D eigenvalue weighted by Crippen LogP contribution is -2.15. The first kappa shape index (κ1) is 16.7. The van der Waals surface area contributed by atoms with E-state index in [2.05, 4.69) is 5.32 Å². The van der Waals surface area contributed by atoms with E-state index < -0.39 is 11.9 Å². The van der Waals surface area contributed by atoms with Gasteiger partial charge in [-0.2, -0.15) is 0 Å². The second-order valence-electron chi connectivity index (χ2n) is 5.84. The van der Waals surface area contributed by atoms with Gasteiger partial charge in [-0.15, -0.1) is 0 Å². The Balaban J connectivity index is 2.10. The number of anilines is 1. The molecule has 0 spiro atoms. The molecule has 0 fully saturated rings. The third-order valence-electron chi connectivity index (χ3n) is 3.90. The Morgan fingerprint density at radius 2 is 1.87 bits per heavy atom. The average Bonchev–Trinajstić information content (AvgIpc) is 2.50. The topological polar surface area (TPSA) is 66.4 Å². The van der Waals surface area contributed by atoms with Crippen LogP contribution in [0.15, 0.2) is 42.5 Å². The number of nitrogens with one attached hydrogen (secondary N) is 1. The van der Waals surface area contributed by atoms with E-state index in [0.29, 0.717) is 17.7 Å². The van der Waals surface area contributed by atoms with Gasteiger partial charge in [0.25, 0.3) is 0 Å². The van der Waals surface area contributed by atoms with E-state index >= 15 is 0 Å². The molecule has 0 aromatic heterocycles. The summed E-state index contributed by atoms with van der Waals surface area (Å²) in [6, 6.07) is 13.0. The number of carbonyl (C=O) groups excluding carboxylic acids is 1. The minimum atomic E-state index is -0.885. The van der Waals surface area contributed by atoms with E-state index in [0.717, 1.165) is 16.7 Å². The van der Waals surface area contributed by atoms with Gasteiger partial charge in [0.15, 0.2) is 0 Å². The molecule has 2 aromatic rings. The van der Waals surface area contributed by atoms with Crippen molar-refractivity contribution < 1.29 is 14.7 Å². The molecule has 1 atom stereocenters. The number of benzene rings is 2.